The molecule has 2 aromatic carbocycles. The van der Waals surface area contributed by atoms with Gasteiger partial charge < -0.3 is 14.6 Å². The van der Waals surface area contributed by atoms with Gasteiger partial charge in [0.2, 0.25) is 5.91 Å². The van der Waals surface area contributed by atoms with Crippen LogP contribution >= 0.6 is 0 Å². The predicted octanol–water partition coefficient (Wildman–Crippen LogP) is 3.79. The first-order valence-corrected chi connectivity index (χ1v) is 8.64. The topological polar surface area (TPSA) is 73.2 Å². The Kier molecular flexibility index (Phi) is 5.66. The standard InChI is InChI=1S/C21H21N3O3/c1-15-13-24(14-22-15)18-12-17(8-10-20(18)27-2)23-21(26)11-9-19(25)16-6-4-3-5-7-16/h3-8,10,12-14H,9,11H2,1-2H3,(H,23,26). The van der Waals surface area contributed by atoms with Crippen molar-refractivity contribution in [3.63, 3.8) is 0 Å². The number of imidazole rings is 1. The number of benzene rings is 2. The van der Waals surface area contributed by atoms with E-state index in [9.17, 15) is 9.59 Å². The number of hydrogen-bond acceptors (Lipinski definition) is 4. The number of methoxy groups -OCH3 is 1. The molecule has 1 N–H and O–H groups in total. The number of ether oxygens (including phenoxy) is 1. The Bertz CT molecular complexity index is 948. The first kappa shape index (κ1) is 18.4. The summed E-state index contributed by atoms with van der Waals surface area (Å²) < 4.78 is 7.23. The van der Waals surface area contributed by atoms with Crippen LogP contribution < -0.4 is 10.1 Å². The second-order valence-corrected chi connectivity index (χ2v) is 6.15. The summed E-state index contributed by atoms with van der Waals surface area (Å²) in [6.07, 6.45) is 3.86. The van der Waals surface area contributed by atoms with Gasteiger partial charge in [0.1, 0.15) is 5.75 Å². The Hall–Kier alpha value is -3.41. The summed E-state index contributed by atoms with van der Waals surface area (Å²) in [5.41, 5.74) is 2.91. The van der Waals surface area contributed by atoms with Crippen molar-refractivity contribution in [2.75, 3.05) is 12.4 Å². The molecular formula is C21H21N3O3. The van der Waals surface area contributed by atoms with Crippen molar-refractivity contribution < 1.29 is 14.3 Å². The smallest absolute Gasteiger partial charge is 0.224 e. The van der Waals surface area contributed by atoms with Crippen molar-refractivity contribution in [1.82, 2.24) is 9.55 Å². The predicted molar refractivity (Wildman–Crippen MR) is 103 cm³/mol. The number of aromatic nitrogens is 2. The van der Waals surface area contributed by atoms with Gasteiger partial charge in [-0.1, -0.05) is 30.3 Å². The normalized spacial score (nSPS) is 10.4. The van der Waals surface area contributed by atoms with E-state index in [0.29, 0.717) is 17.0 Å². The molecule has 0 atom stereocenters. The maximum atomic E-state index is 12.2. The molecule has 3 rings (SSSR count). The van der Waals surface area contributed by atoms with E-state index >= 15 is 0 Å². The molecule has 0 radical (unpaired) electrons. The van der Waals surface area contributed by atoms with E-state index in [1.54, 1.807) is 37.7 Å². The lowest BCUT2D eigenvalue weighted by molar-refractivity contribution is -0.116. The van der Waals surface area contributed by atoms with Crippen molar-refractivity contribution >= 4 is 17.4 Å². The lowest BCUT2D eigenvalue weighted by atomic mass is 10.1. The quantitative estimate of drug-likeness (QED) is 0.648. The second kappa shape index (κ2) is 8.31. The van der Waals surface area contributed by atoms with Crippen LogP contribution in [0.25, 0.3) is 5.69 Å². The summed E-state index contributed by atoms with van der Waals surface area (Å²) >= 11 is 0. The van der Waals surface area contributed by atoms with Crippen molar-refractivity contribution in [2.24, 2.45) is 0 Å². The summed E-state index contributed by atoms with van der Waals surface area (Å²) in [6, 6.07) is 14.3. The minimum absolute atomic E-state index is 0.0462. The third-order valence-corrected chi connectivity index (χ3v) is 4.13. The van der Waals surface area contributed by atoms with Crippen LogP contribution in [0.4, 0.5) is 5.69 Å². The van der Waals surface area contributed by atoms with E-state index in [-0.39, 0.29) is 24.5 Å². The Labute approximate surface area is 157 Å². The fraction of sp³-hybridized carbons (Fsp3) is 0.190. The number of nitrogens with one attached hydrogen (secondary N) is 1. The monoisotopic (exact) mass is 363 g/mol. The van der Waals surface area contributed by atoms with Gasteiger partial charge in [0, 0.05) is 30.3 Å². The molecule has 0 unspecified atom stereocenters. The summed E-state index contributed by atoms with van der Waals surface area (Å²) in [7, 11) is 1.59. The number of aryl methyl sites for hydroxylation is 1. The molecule has 27 heavy (non-hydrogen) atoms. The van der Waals surface area contributed by atoms with Crippen LogP contribution in [0, 0.1) is 6.92 Å². The number of carbonyl (C=O) groups excluding carboxylic acids is 2. The van der Waals surface area contributed by atoms with Crippen molar-refractivity contribution in [1.29, 1.82) is 0 Å². The number of rotatable bonds is 7. The van der Waals surface area contributed by atoms with Crippen LogP contribution in [0.2, 0.25) is 0 Å². The Balaban J connectivity index is 1.66. The molecule has 0 saturated carbocycles. The van der Waals surface area contributed by atoms with E-state index in [1.807, 2.05) is 42.0 Å². The van der Waals surface area contributed by atoms with Crippen LogP contribution in [0.1, 0.15) is 28.9 Å². The molecule has 0 aliphatic carbocycles. The Morgan fingerprint density at radius 2 is 1.89 bits per heavy atom. The van der Waals surface area contributed by atoms with Gasteiger partial charge in [0.15, 0.2) is 5.78 Å². The first-order chi connectivity index (χ1) is 13.1. The molecule has 0 bridgehead atoms. The van der Waals surface area contributed by atoms with Gasteiger partial charge in [-0.3, -0.25) is 9.59 Å². The van der Waals surface area contributed by atoms with Gasteiger partial charge in [-0.2, -0.15) is 0 Å². The molecule has 3 aromatic rings. The van der Waals surface area contributed by atoms with E-state index in [1.165, 1.54) is 0 Å². The van der Waals surface area contributed by atoms with Gasteiger partial charge in [0.25, 0.3) is 0 Å². The van der Waals surface area contributed by atoms with Crippen LogP contribution in [-0.2, 0) is 4.79 Å². The number of amides is 1. The highest BCUT2D eigenvalue weighted by atomic mass is 16.5. The number of Topliss-reactive ketones (excluding diaryl/α,β-unsaturated/α-hetero) is 1. The first-order valence-electron chi connectivity index (χ1n) is 8.64. The number of carbonyl (C=O) groups is 2. The third-order valence-electron chi connectivity index (χ3n) is 4.13. The fourth-order valence-corrected chi connectivity index (χ4v) is 2.74. The summed E-state index contributed by atoms with van der Waals surface area (Å²) in [4.78, 5) is 28.6. The summed E-state index contributed by atoms with van der Waals surface area (Å²) in [6.45, 7) is 1.90. The van der Waals surface area contributed by atoms with Crippen molar-refractivity contribution in [2.45, 2.75) is 19.8 Å². The van der Waals surface area contributed by atoms with Crippen LogP contribution in [0.5, 0.6) is 5.75 Å². The average Bonchev–Trinajstić information content (AvgIpc) is 3.13. The van der Waals surface area contributed by atoms with E-state index in [4.69, 9.17) is 4.74 Å². The number of anilines is 1. The zero-order valence-electron chi connectivity index (χ0n) is 15.3. The maximum Gasteiger partial charge on any atom is 0.224 e. The highest BCUT2D eigenvalue weighted by Gasteiger charge is 2.12. The molecule has 0 fully saturated rings. The Morgan fingerprint density at radius 3 is 2.56 bits per heavy atom. The molecule has 0 aliphatic heterocycles. The van der Waals surface area contributed by atoms with Gasteiger partial charge in [-0.05, 0) is 25.1 Å². The van der Waals surface area contributed by atoms with Gasteiger partial charge >= 0.3 is 0 Å². The van der Waals surface area contributed by atoms with E-state index in [0.717, 1.165) is 11.4 Å². The molecular weight excluding hydrogens is 342 g/mol. The van der Waals surface area contributed by atoms with E-state index in [2.05, 4.69) is 10.3 Å². The zero-order valence-corrected chi connectivity index (χ0v) is 15.3. The molecule has 138 valence electrons. The maximum absolute atomic E-state index is 12.2. The molecule has 1 amide bonds. The molecule has 6 heteroatoms. The van der Waals surface area contributed by atoms with Crippen LogP contribution in [-0.4, -0.2) is 28.4 Å². The average molecular weight is 363 g/mol. The minimum atomic E-state index is -0.211. The molecule has 0 aliphatic rings. The SMILES string of the molecule is COc1ccc(NC(=O)CCC(=O)c2ccccc2)cc1-n1cnc(C)c1. The lowest BCUT2D eigenvalue weighted by Gasteiger charge is -2.12. The number of ketones is 1. The van der Waals surface area contributed by atoms with Crippen LogP contribution in [0.15, 0.2) is 61.1 Å². The molecule has 0 spiro atoms. The minimum Gasteiger partial charge on any atom is -0.495 e. The number of hydrogen-bond donors (Lipinski definition) is 1. The fourth-order valence-electron chi connectivity index (χ4n) is 2.74. The highest BCUT2D eigenvalue weighted by molar-refractivity contribution is 6.00. The lowest BCUT2D eigenvalue weighted by Crippen LogP contribution is -2.14. The third kappa shape index (κ3) is 4.61. The molecule has 0 saturated heterocycles. The highest BCUT2D eigenvalue weighted by Crippen LogP contribution is 2.26. The summed E-state index contributed by atoms with van der Waals surface area (Å²) in [5.74, 6) is 0.414. The van der Waals surface area contributed by atoms with E-state index < -0.39 is 0 Å². The van der Waals surface area contributed by atoms with Crippen LogP contribution in [0.3, 0.4) is 0 Å². The largest absolute Gasteiger partial charge is 0.495 e. The van der Waals surface area contributed by atoms with Gasteiger partial charge in [-0.25, -0.2) is 4.98 Å². The molecule has 6 nitrogen and oxygen atoms in total. The van der Waals surface area contributed by atoms with Gasteiger partial charge in [-0.15, -0.1) is 0 Å². The summed E-state index contributed by atoms with van der Waals surface area (Å²) in [5, 5.41) is 2.84. The Morgan fingerprint density at radius 1 is 1.11 bits per heavy atom. The zero-order chi connectivity index (χ0) is 19.2. The van der Waals surface area contributed by atoms with Crippen molar-refractivity contribution in [3.8, 4) is 11.4 Å². The number of nitrogens with zero attached hydrogens (tertiary/aromatic N) is 2. The van der Waals surface area contributed by atoms with Gasteiger partial charge in [0.05, 0.1) is 24.8 Å². The van der Waals surface area contributed by atoms with Crippen molar-refractivity contribution in [3.05, 3.63) is 72.3 Å². The second-order valence-electron chi connectivity index (χ2n) is 6.15. The molecule has 1 aromatic heterocycles. The molecule has 1 heterocycles.